The Balaban J connectivity index is 1.93. The van der Waals surface area contributed by atoms with Crippen LogP contribution in [0.4, 0.5) is 23.5 Å². The van der Waals surface area contributed by atoms with Gasteiger partial charge in [-0.1, -0.05) is 54.6 Å². The number of likely N-dealkylation sites (N-methyl/N-ethyl adjacent to an activating group) is 1. The Labute approximate surface area is 236 Å². The molecule has 1 heterocycles. The van der Waals surface area contributed by atoms with E-state index in [4.69, 9.17) is 0 Å². The molecule has 0 radical (unpaired) electrons. The smallest absolute Gasteiger partial charge is 0.295 e. The number of anilines is 3. The summed E-state index contributed by atoms with van der Waals surface area (Å²) in [6.45, 7) is -0.0141. The molecule has 15 heteroatoms. The monoisotopic (exact) mass is 598 g/mol. The van der Waals surface area contributed by atoms with E-state index in [1.54, 1.807) is 42.3 Å². The molecule has 0 unspecified atom stereocenters. The van der Waals surface area contributed by atoms with Crippen LogP contribution in [-0.2, 0) is 26.7 Å². The number of benzene rings is 3. The first-order chi connectivity index (χ1) is 19.5. The number of rotatable bonds is 11. The van der Waals surface area contributed by atoms with E-state index in [9.17, 15) is 31.0 Å². The molecule has 0 saturated heterocycles. The minimum atomic E-state index is -4.73. The van der Waals surface area contributed by atoms with Crippen molar-refractivity contribution < 1.29 is 31.0 Å². The number of hydrogen-bond acceptors (Lipinski definition) is 11. The molecule has 0 amide bonds. The van der Waals surface area contributed by atoms with Crippen molar-refractivity contribution in [2.75, 3.05) is 30.4 Å². The zero-order valence-corrected chi connectivity index (χ0v) is 23.3. The van der Waals surface area contributed by atoms with Crippen LogP contribution in [0, 0.1) is 0 Å². The first-order valence-corrected chi connectivity index (χ1v) is 14.9. The molecule has 0 aliphatic rings. The molecule has 0 atom stereocenters. The summed E-state index contributed by atoms with van der Waals surface area (Å²) in [6, 6.07) is 20.1. The van der Waals surface area contributed by atoms with Crippen LogP contribution in [0.25, 0.3) is 0 Å². The first-order valence-electron chi connectivity index (χ1n) is 12.1. The van der Waals surface area contributed by atoms with Crippen molar-refractivity contribution in [3.63, 3.8) is 0 Å². The summed E-state index contributed by atoms with van der Waals surface area (Å²) >= 11 is 0. The Bertz CT molecular complexity index is 1780. The molecule has 1 aromatic heterocycles. The van der Waals surface area contributed by atoms with E-state index >= 15 is 0 Å². The van der Waals surface area contributed by atoms with Crippen LogP contribution in [0.3, 0.4) is 0 Å². The summed E-state index contributed by atoms with van der Waals surface area (Å²) in [4.78, 5) is 18.3. The van der Waals surface area contributed by atoms with Crippen LogP contribution in [0.2, 0.25) is 0 Å². The third kappa shape index (κ3) is 7.68. The number of para-hydroxylation sites is 1. The number of aliphatic hydroxyl groups is 1. The maximum absolute atomic E-state index is 12.2. The van der Waals surface area contributed by atoms with Crippen LogP contribution in [0.5, 0.6) is 0 Å². The summed E-state index contributed by atoms with van der Waals surface area (Å²) in [7, 11) is -7.73. The Hall–Kier alpha value is -4.28. The van der Waals surface area contributed by atoms with Crippen molar-refractivity contribution in [2.45, 2.75) is 16.2 Å². The zero-order chi connectivity index (χ0) is 29.6. The third-order valence-electron chi connectivity index (χ3n) is 5.74. The number of nitrogens with one attached hydrogen (secondary N) is 1. The summed E-state index contributed by atoms with van der Waals surface area (Å²) in [5.74, 6) is 0.0418. The van der Waals surface area contributed by atoms with E-state index in [0.29, 0.717) is 5.69 Å². The SMILES string of the molecule is CN(CCO)c1nc(N=C(Cc2ccccc2S(=O)(=O)O)c2ccccc2S(=O)(=O)O)nc(Nc2ccccc2)n1. The van der Waals surface area contributed by atoms with Crippen molar-refractivity contribution >= 4 is 49.5 Å². The second kappa shape index (κ2) is 12.5. The number of hydrogen-bond donors (Lipinski definition) is 4. The summed E-state index contributed by atoms with van der Waals surface area (Å²) < 4.78 is 68.3. The van der Waals surface area contributed by atoms with Gasteiger partial charge >= 0.3 is 0 Å². The predicted octanol–water partition coefficient (Wildman–Crippen LogP) is 2.90. The molecule has 4 rings (SSSR count). The number of aliphatic hydroxyl groups excluding tert-OH is 1. The molecule has 3 aromatic carbocycles. The molecule has 41 heavy (non-hydrogen) atoms. The highest BCUT2D eigenvalue weighted by molar-refractivity contribution is 7.86. The van der Waals surface area contributed by atoms with E-state index in [2.05, 4.69) is 25.3 Å². The quantitative estimate of drug-likeness (QED) is 0.146. The highest BCUT2D eigenvalue weighted by atomic mass is 32.2. The van der Waals surface area contributed by atoms with Gasteiger partial charge in [0.05, 0.1) is 17.2 Å². The molecule has 0 spiro atoms. The van der Waals surface area contributed by atoms with Crippen LogP contribution in [0.1, 0.15) is 11.1 Å². The summed E-state index contributed by atoms with van der Waals surface area (Å²) in [6.07, 6.45) is -0.294. The lowest BCUT2D eigenvalue weighted by Gasteiger charge is -2.17. The third-order valence-corrected chi connectivity index (χ3v) is 7.60. The second-order valence-corrected chi connectivity index (χ2v) is 11.5. The van der Waals surface area contributed by atoms with Gasteiger partial charge in [0.2, 0.25) is 11.9 Å². The average molecular weight is 599 g/mol. The lowest BCUT2D eigenvalue weighted by atomic mass is 10.0. The molecule has 0 aliphatic carbocycles. The largest absolute Gasteiger partial charge is 0.395 e. The Morgan fingerprint density at radius 1 is 0.829 bits per heavy atom. The van der Waals surface area contributed by atoms with E-state index in [-0.39, 0.29) is 54.3 Å². The molecule has 4 N–H and O–H groups in total. The molecule has 0 saturated carbocycles. The predicted molar refractivity (Wildman–Crippen MR) is 152 cm³/mol. The van der Waals surface area contributed by atoms with E-state index in [1.165, 1.54) is 42.5 Å². The van der Waals surface area contributed by atoms with Crippen LogP contribution >= 0.6 is 0 Å². The number of nitrogens with zero attached hydrogens (tertiary/aromatic N) is 5. The van der Waals surface area contributed by atoms with Gasteiger partial charge in [-0.05, 0) is 29.8 Å². The van der Waals surface area contributed by atoms with Gasteiger partial charge in [0.15, 0.2) is 0 Å². The second-order valence-electron chi connectivity index (χ2n) is 8.68. The molecule has 4 aromatic rings. The van der Waals surface area contributed by atoms with Crippen molar-refractivity contribution in [3.8, 4) is 0 Å². The molecule has 214 valence electrons. The van der Waals surface area contributed by atoms with Crippen molar-refractivity contribution in [1.82, 2.24) is 15.0 Å². The van der Waals surface area contributed by atoms with Crippen LogP contribution < -0.4 is 10.2 Å². The van der Waals surface area contributed by atoms with Crippen molar-refractivity contribution in [1.29, 1.82) is 0 Å². The fourth-order valence-electron chi connectivity index (χ4n) is 3.86. The normalized spacial score (nSPS) is 12.2. The Morgan fingerprint density at radius 3 is 2.10 bits per heavy atom. The Morgan fingerprint density at radius 2 is 1.44 bits per heavy atom. The molecule has 0 bridgehead atoms. The fourth-order valence-corrected chi connectivity index (χ4v) is 5.30. The van der Waals surface area contributed by atoms with Gasteiger partial charge in [0.25, 0.3) is 26.2 Å². The van der Waals surface area contributed by atoms with Gasteiger partial charge in [-0.25, -0.2) is 4.99 Å². The lowest BCUT2D eigenvalue weighted by Crippen LogP contribution is -2.24. The molecule has 0 fully saturated rings. The van der Waals surface area contributed by atoms with Crippen LogP contribution in [0.15, 0.2) is 93.6 Å². The van der Waals surface area contributed by atoms with E-state index < -0.39 is 30.0 Å². The highest BCUT2D eigenvalue weighted by Crippen LogP contribution is 2.25. The summed E-state index contributed by atoms with van der Waals surface area (Å²) in [5, 5.41) is 12.5. The standard InChI is InChI=1S/C26H26N6O7S2/c1-32(15-16-33)26-30-24(27-19-10-3-2-4-11-19)29-25(31-26)28-21(20-12-6-8-14-23(20)41(37,38)39)17-18-9-5-7-13-22(18)40(34,35)36/h2-14,33H,15-17H2,1H3,(H,34,35,36)(H,37,38,39)(H,27,29,30,31). The van der Waals surface area contributed by atoms with Gasteiger partial charge in [0, 0.05) is 31.3 Å². The summed E-state index contributed by atoms with van der Waals surface area (Å²) in [5.41, 5.74) is 0.696. The van der Waals surface area contributed by atoms with Gasteiger partial charge in [0.1, 0.15) is 4.90 Å². The molecule has 13 nitrogen and oxygen atoms in total. The van der Waals surface area contributed by atoms with Gasteiger partial charge < -0.3 is 15.3 Å². The first kappa shape index (κ1) is 29.7. The maximum Gasteiger partial charge on any atom is 0.295 e. The minimum Gasteiger partial charge on any atom is -0.395 e. The van der Waals surface area contributed by atoms with Crippen molar-refractivity contribution in [2.24, 2.45) is 4.99 Å². The lowest BCUT2D eigenvalue weighted by molar-refractivity contribution is 0.303. The van der Waals surface area contributed by atoms with Crippen LogP contribution in [-0.4, -0.2) is 71.9 Å². The highest BCUT2D eigenvalue weighted by Gasteiger charge is 2.23. The molecule has 0 aliphatic heterocycles. The van der Waals surface area contributed by atoms with E-state index in [0.717, 1.165) is 0 Å². The molecular formula is C26H26N6O7S2. The van der Waals surface area contributed by atoms with E-state index in [1.807, 2.05) is 6.07 Å². The number of aliphatic imine (C=N–C) groups is 1. The van der Waals surface area contributed by atoms with Gasteiger partial charge in [-0.15, -0.1) is 0 Å². The van der Waals surface area contributed by atoms with Gasteiger partial charge in [-0.2, -0.15) is 31.8 Å². The average Bonchev–Trinajstić information content (AvgIpc) is 2.92. The number of aromatic nitrogens is 3. The molecular weight excluding hydrogens is 572 g/mol. The zero-order valence-electron chi connectivity index (χ0n) is 21.7. The Kier molecular flexibility index (Phi) is 9.05. The topological polar surface area (TPSA) is 195 Å². The van der Waals surface area contributed by atoms with Gasteiger partial charge in [-0.3, -0.25) is 9.11 Å². The fraction of sp³-hybridized carbons (Fsp3) is 0.154. The minimum absolute atomic E-state index is 0.0260. The maximum atomic E-state index is 12.2. The van der Waals surface area contributed by atoms with Crippen molar-refractivity contribution in [3.05, 3.63) is 90.0 Å².